The number of nitrogens with one attached hydrogen (secondary N) is 2. The van der Waals surface area contributed by atoms with Gasteiger partial charge in [-0.25, -0.2) is 15.0 Å². The molecule has 5 heterocycles. The van der Waals surface area contributed by atoms with E-state index in [1.165, 1.54) is 0 Å². The fourth-order valence-corrected chi connectivity index (χ4v) is 6.60. The lowest BCUT2D eigenvalue weighted by Crippen LogP contribution is -2.61. The zero-order chi connectivity index (χ0) is 21.8. The first kappa shape index (κ1) is 20.5. The average Bonchev–Trinajstić information content (AvgIpc) is 3.41. The molecule has 0 spiro atoms. The van der Waals surface area contributed by atoms with E-state index in [9.17, 15) is 0 Å². The molecule has 0 aromatic carbocycles. The molecule has 1 aliphatic rings. The molecule has 0 unspecified atom stereocenters. The smallest absolute Gasteiger partial charge is 0.188 e. The largest absolute Gasteiger partial charge is 0.348 e. The normalized spacial score (nSPS) is 18.5. The summed E-state index contributed by atoms with van der Waals surface area (Å²) in [4.78, 5) is 23.0. The zero-order valence-corrected chi connectivity index (χ0v) is 19.9. The summed E-state index contributed by atoms with van der Waals surface area (Å²) in [5.74, 6) is 0. The lowest BCUT2D eigenvalue weighted by molar-refractivity contribution is 0.161. The third-order valence-corrected chi connectivity index (χ3v) is 7.79. The highest BCUT2D eigenvalue weighted by atomic mass is 32.1. The molecule has 0 radical (unpaired) electrons. The lowest BCUT2D eigenvalue weighted by Gasteiger charge is -2.48. The molecule has 31 heavy (non-hydrogen) atoms. The average molecular weight is 455 g/mol. The van der Waals surface area contributed by atoms with Crippen molar-refractivity contribution in [3.63, 3.8) is 0 Å². The van der Waals surface area contributed by atoms with Crippen molar-refractivity contribution in [3.05, 3.63) is 24.8 Å². The fraction of sp³-hybridized carbons (Fsp3) is 0.476. The van der Waals surface area contributed by atoms with E-state index in [0.29, 0.717) is 6.04 Å². The van der Waals surface area contributed by atoms with E-state index in [2.05, 4.69) is 65.1 Å². The second-order valence-corrected chi connectivity index (χ2v) is 11.4. The summed E-state index contributed by atoms with van der Waals surface area (Å²) in [5.41, 5.74) is 2.66. The maximum absolute atomic E-state index is 4.91. The molecule has 0 bridgehead atoms. The first-order valence-corrected chi connectivity index (χ1v) is 11.9. The van der Waals surface area contributed by atoms with E-state index in [0.717, 1.165) is 49.6 Å². The van der Waals surface area contributed by atoms with Crippen LogP contribution in [-0.4, -0.2) is 54.3 Å². The van der Waals surface area contributed by atoms with Gasteiger partial charge in [0.05, 0.1) is 24.3 Å². The van der Waals surface area contributed by atoms with Crippen LogP contribution in [0.2, 0.25) is 0 Å². The summed E-state index contributed by atoms with van der Waals surface area (Å²) in [5, 5.41) is 12.4. The van der Waals surface area contributed by atoms with E-state index >= 15 is 0 Å². The Morgan fingerprint density at radius 2 is 1.61 bits per heavy atom. The van der Waals surface area contributed by atoms with Crippen molar-refractivity contribution in [3.8, 4) is 22.0 Å². The van der Waals surface area contributed by atoms with Crippen LogP contribution in [0, 0.1) is 0 Å². The van der Waals surface area contributed by atoms with E-state index in [-0.39, 0.29) is 11.1 Å². The van der Waals surface area contributed by atoms with Gasteiger partial charge in [-0.05, 0) is 40.5 Å². The summed E-state index contributed by atoms with van der Waals surface area (Å²) < 4.78 is 0. The van der Waals surface area contributed by atoms with Gasteiger partial charge in [0.25, 0.3) is 0 Å². The molecule has 162 valence electrons. The minimum atomic E-state index is 0.0992. The maximum Gasteiger partial charge on any atom is 0.188 e. The second-order valence-electron chi connectivity index (χ2n) is 9.47. The molecule has 2 N–H and O–H groups in total. The minimum Gasteiger partial charge on any atom is -0.348 e. The Morgan fingerprint density at radius 3 is 2.23 bits per heavy atom. The second kappa shape index (κ2) is 7.32. The minimum absolute atomic E-state index is 0.0992. The summed E-state index contributed by atoms with van der Waals surface area (Å²) in [6.45, 7) is 9.12. The number of H-pyrrole nitrogens is 1. The quantitative estimate of drug-likeness (QED) is 0.473. The van der Waals surface area contributed by atoms with Crippen LogP contribution in [0.1, 0.15) is 40.5 Å². The maximum atomic E-state index is 4.91. The Kier molecular flexibility index (Phi) is 4.83. The van der Waals surface area contributed by atoms with Gasteiger partial charge >= 0.3 is 0 Å². The van der Waals surface area contributed by atoms with Gasteiger partial charge in [0.15, 0.2) is 14.8 Å². The molecule has 8 nitrogen and oxygen atoms in total. The molecule has 1 aliphatic heterocycles. The molecule has 10 heteroatoms. The van der Waals surface area contributed by atoms with Gasteiger partial charge in [-0.2, -0.15) is 5.10 Å². The Hall–Kier alpha value is -2.43. The van der Waals surface area contributed by atoms with Crippen molar-refractivity contribution in [2.75, 3.05) is 11.9 Å². The number of aromatic nitrogens is 6. The van der Waals surface area contributed by atoms with Gasteiger partial charge in [0, 0.05) is 35.9 Å². The van der Waals surface area contributed by atoms with E-state index < -0.39 is 0 Å². The molecule has 4 aromatic rings. The Labute approximate surface area is 189 Å². The summed E-state index contributed by atoms with van der Waals surface area (Å²) in [6.07, 6.45) is 9.21. The van der Waals surface area contributed by atoms with Crippen molar-refractivity contribution in [1.29, 1.82) is 0 Å². The number of rotatable bonds is 4. The predicted molar refractivity (Wildman–Crippen MR) is 127 cm³/mol. The molecular formula is C21H26N8S2. The van der Waals surface area contributed by atoms with Crippen molar-refractivity contribution in [2.24, 2.45) is 0 Å². The molecule has 1 fully saturated rings. The highest BCUT2D eigenvalue weighted by Crippen LogP contribution is 2.38. The molecule has 0 atom stereocenters. The van der Waals surface area contributed by atoms with E-state index in [1.54, 1.807) is 47.5 Å². The standard InChI is InChI=1S/C21H26N8S2/c1-20(2)6-13(7-21(3,4)28-20)29(5)19-27-18-17(31-19)26-16(30-18)15-11-22-14(10-23-15)12-8-24-25-9-12/h8-11,13,28H,6-7H2,1-5H3,(H,24,25). The van der Waals surface area contributed by atoms with Crippen LogP contribution in [0.4, 0.5) is 5.13 Å². The van der Waals surface area contributed by atoms with E-state index in [1.807, 2.05) is 0 Å². The molecule has 5 rings (SSSR count). The number of anilines is 1. The molecule has 0 saturated carbocycles. The number of thiazole rings is 2. The van der Waals surface area contributed by atoms with Crippen LogP contribution in [-0.2, 0) is 0 Å². The zero-order valence-electron chi connectivity index (χ0n) is 18.3. The van der Waals surface area contributed by atoms with Gasteiger partial charge in [-0.3, -0.25) is 10.1 Å². The molecular weight excluding hydrogens is 428 g/mol. The Morgan fingerprint density at radius 1 is 0.935 bits per heavy atom. The van der Waals surface area contributed by atoms with Gasteiger partial charge in [-0.1, -0.05) is 22.7 Å². The molecule has 0 amide bonds. The summed E-state index contributed by atoms with van der Waals surface area (Å²) >= 11 is 3.22. The number of piperidine rings is 1. The van der Waals surface area contributed by atoms with E-state index in [4.69, 9.17) is 9.97 Å². The van der Waals surface area contributed by atoms with Crippen molar-refractivity contribution >= 4 is 37.5 Å². The monoisotopic (exact) mass is 454 g/mol. The topological polar surface area (TPSA) is 95.5 Å². The predicted octanol–water partition coefficient (Wildman–Crippen LogP) is 4.35. The number of aromatic amines is 1. The van der Waals surface area contributed by atoms with Gasteiger partial charge in [0.2, 0.25) is 0 Å². The lowest BCUT2D eigenvalue weighted by atomic mass is 9.79. The first-order valence-electron chi connectivity index (χ1n) is 10.3. The van der Waals surface area contributed by atoms with Gasteiger partial charge < -0.3 is 10.2 Å². The Balaban J connectivity index is 1.37. The molecule has 4 aromatic heterocycles. The van der Waals surface area contributed by atoms with Crippen molar-refractivity contribution in [2.45, 2.75) is 57.7 Å². The van der Waals surface area contributed by atoms with Crippen LogP contribution in [0.5, 0.6) is 0 Å². The molecule has 1 saturated heterocycles. The van der Waals surface area contributed by atoms with Crippen molar-refractivity contribution in [1.82, 2.24) is 35.5 Å². The molecule has 0 aliphatic carbocycles. The van der Waals surface area contributed by atoms with Crippen LogP contribution in [0.15, 0.2) is 24.8 Å². The van der Waals surface area contributed by atoms with Gasteiger partial charge in [-0.15, -0.1) is 0 Å². The van der Waals surface area contributed by atoms with Crippen LogP contribution >= 0.6 is 22.7 Å². The number of hydrogen-bond donors (Lipinski definition) is 2. The third-order valence-electron chi connectivity index (χ3n) is 5.65. The summed E-state index contributed by atoms with van der Waals surface area (Å²) in [7, 11) is 2.16. The van der Waals surface area contributed by atoms with Crippen molar-refractivity contribution < 1.29 is 0 Å². The number of fused-ring (bicyclic) bond motifs is 1. The fourth-order valence-electron chi connectivity index (χ4n) is 4.57. The summed E-state index contributed by atoms with van der Waals surface area (Å²) in [6, 6.07) is 0.437. The number of hydrogen-bond acceptors (Lipinski definition) is 9. The van der Waals surface area contributed by atoms with Crippen LogP contribution in [0.25, 0.3) is 31.6 Å². The van der Waals surface area contributed by atoms with Crippen LogP contribution < -0.4 is 10.2 Å². The number of nitrogens with zero attached hydrogens (tertiary/aromatic N) is 6. The highest BCUT2D eigenvalue weighted by Gasteiger charge is 2.39. The highest BCUT2D eigenvalue weighted by molar-refractivity contribution is 7.29. The van der Waals surface area contributed by atoms with Gasteiger partial charge in [0.1, 0.15) is 10.7 Å². The Bertz CT molecular complexity index is 1140. The SMILES string of the molecule is CN(c1nc2sc(-c3cnc(-c4cn[nH]c4)cn3)nc2s1)C1CC(C)(C)NC(C)(C)C1. The first-order chi connectivity index (χ1) is 14.7. The van der Waals surface area contributed by atoms with Crippen LogP contribution in [0.3, 0.4) is 0 Å². The third kappa shape index (κ3) is 4.07.